The minimum atomic E-state index is -0.128. The average Bonchev–Trinajstić information content (AvgIpc) is 3.40. The Morgan fingerprint density at radius 1 is 1.07 bits per heavy atom. The van der Waals surface area contributed by atoms with Gasteiger partial charge in [0.2, 0.25) is 11.1 Å². The molecule has 0 unspecified atom stereocenters. The molecule has 29 heavy (non-hydrogen) atoms. The van der Waals surface area contributed by atoms with Crippen molar-refractivity contribution in [3.05, 3.63) is 82.8 Å². The van der Waals surface area contributed by atoms with E-state index >= 15 is 0 Å². The van der Waals surface area contributed by atoms with E-state index in [0.717, 1.165) is 11.6 Å². The van der Waals surface area contributed by atoms with Crippen LogP contribution in [0, 0.1) is 0 Å². The van der Waals surface area contributed by atoms with Crippen LogP contribution in [0.25, 0.3) is 0 Å². The molecule has 1 amide bonds. The van der Waals surface area contributed by atoms with E-state index < -0.39 is 0 Å². The number of nitrogens with one attached hydrogen (secondary N) is 2. The molecule has 0 spiro atoms. The number of rotatable bonds is 8. The molecule has 0 atom stereocenters. The van der Waals surface area contributed by atoms with Gasteiger partial charge in [-0.3, -0.25) is 9.89 Å². The van der Waals surface area contributed by atoms with Crippen molar-refractivity contribution < 1.29 is 9.53 Å². The topological polar surface area (TPSA) is 79.9 Å². The smallest absolute Gasteiger partial charge is 0.234 e. The summed E-state index contributed by atoms with van der Waals surface area (Å²) in [5, 5.41) is 12.6. The van der Waals surface area contributed by atoms with E-state index in [9.17, 15) is 4.79 Å². The summed E-state index contributed by atoms with van der Waals surface area (Å²) in [7, 11) is 0. The van der Waals surface area contributed by atoms with E-state index in [1.54, 1.807) is 17.4 Å². The Kier molecular flexibility index (Phi) is 6.23. The third kappa shape index (κ3) is 5.69. The summed E-state index contributed by atoms with van der Waals surface area (Å²) >= 11 is 2.97. The number of para-hydroxylation sites is 1. The van der Waals surface area contributed by atoms with Crippen LogP contribution in [0.4, 0.5) is 5.69 Å². The molecular weight excluding hydrogens is 404 g/mol. The summed E-state index contributed by atoms with van der Waals surface area (Å²) in [6.45, 7) is 0. The number of benzene rings is 2. The Hall–Kier alpha value is -3.10. The van der Waals surface area contributed by atoms with Gasteiger partial charge in [-0.05, 0) is 35.7 Å². The molecule has 2 aromatic heterocycles. The third-order valence-corrected chi connectivity index (χ3v) is 5.59. The number of anilines is 1. The van der Waals surface area contributed by atoms with Gasteiger partial charge in [0.15, 0.2) is 0 Å². The van der Waals surface area contributed by atoms with Crippen LogP contribution >= 0.6 is 23.1 Å². The van der Waals surface area contributed by atoms with Gasteiger partial charge in [-0.2, -0.15) is 0 Å². The second-order valence-electron chi connectivity index (χ2n) is 6.10. The fourth-order valence-electron chi connectivity index (χ4n) is 2.59. The number of carbonyl (C=O) groups is 1. The first-order valence-electron chi connectivity index (χ1n) is 8.94. The molecule has 146 valence electrons. The lowest BCUT2D eigenvalue weighted by atomic mass is 10.3. The first-order chi connectivity index (χ1) is 14.2. The molecule has 0 aliphatic rings. The number of amides is 1. The number of aromatic nitrogens is 3. The van der Waals surface area contributed by atoms with Crippen molar-refractivity contribution in [2.45, 2.75) is 11.6 Å². The number of hydrogen-bond donors (Lipinski definition) is 2. The van der Waals surface area contributed by atoms with Gasteiger partial charge in [-0.1, -0.05) is 42.1 Å². The molecule has 2 heterocycles. The zero-order chi connectivity index (χ0) is 19.9. The van der Waals surface area contributed by atoms with E-state index in [2.05, 4.69) is 26.6 Å². The van der Waals surface area contributed by atoms with E-state index in [1.165, 1.54) is 16.6 Å². The molecule has 0 saturated carbocycles. The number of nitrogens with zero attached hydrogens (tertiary/aromatic N) is 2. The number of thiophene rings is 1. The van der Waals surface area contributed by atoms with Crippen molar-refractivity contribution >= 4 is 34.7 Å². The third-order valence-electron chi connectivity index (χ3n) is 3.86. The van der Waals surface area contributed by atoms with E-state index in [-0.39, 0.29) is 11.7 Å². The lowest BCUT2D eigenvalue weighted by Crippen LogP contribution is -2.14. The maximum Gasteiger partial charge on any atom is 0.234 e. The molecule has 2 N–H and O–H groups in total. The SMILES string of the molecule is O=C(CSc1n[nH]c(Cc2cccs2)n1)Nc1cccc(Oc2ccccc2)c1. The molecule has 0 radical (unpaired) electrons. The predicted molar refractivity (Wildman–Crippen MR) is 116 cm³/mol. The maximum atomic E-state index is 12.3. The highest BCUT2D eigenvalue weighted by molar-refractivity contribution is 7.99. The van der Waals surface area contributed by atoms with Gasteiger partial charge >= 0.3 is 0 Å². The lowest BCUT2D eigenvalue weighted by molar-refractivity contribution is -0.113. The standard InChI is InChI=1S/C21H18N4O2S2/c26-20(14-29-21-23-19(24-25-21)13-18-10-5-11-28-18)22-15-6-4-9-17(12-15)27-16-7-2-1-3-8-16/h1-12H,13-14H2,(H,22,26)(H,23,24,25). The molecule has 2 aromatic carbocycles. The number of thioether (sulfide) groups is 1. The summed E-state index contributed by atoms with van der Waals surface area (Å²) in [5.74, 6) is 2.29. The number of ether oxygens (including phenoxy) is 1. The second kappa shape index (κ2) is 9.40. The van der Waals surface area contributed by atoms with E-state index in [0.29, 0.717) is 23.0 Å². The van der Waals surface area contributed by atoms with Crippen molar-refractivity contribution in [2.24, 2.45) is 0 Å². The largest absolute Gasteiger partial charge is 0.457 e. The molecule has 0 fully saturated rings. The van der Waals surface area contributed by atoms with Crippen LogP contribution < -0.4 is 10.1 Å². The summed E-state index contributed by atoms with van der Waals surface area (Å²) in [5.41, 5.74) is 0.678. The second-order valence-corrected chi connectivity index (χ2v) is 8.08. The van der Waals surface area contributed by atoms with Crippen LogP contribution in [0.15, 0.2) is 77.3 Å². The molecule has 6 nitrogen and oxygen atoms in total. The Bertz CT molecular complexity index is 1070. The molecule has 0 aliphatic heterocycles. The van der Waals surface area contributed by atoms with Gasteiger partial charge < -0.3 is 10.1 Å². The molecule has 8 heteroatoms. The summed E-state index contributed by atoms with van der Waals surface area (Å²) in [6.07, 6.45) is 0.714. The fraction of sp³-hybridized carbons (Fsp3) is 0.0952. The summed E-state index contributed by atoms with van der Waals surface area (Å²) in [4.78, 5) is 17.9. The fourth-order valence-corrected chi connectivity index (χ4v) is 3.92. The normalized spacial score (nSPS) is 10.6. The highest BCUT2D eigenvalue weighted by Gasteiger charge is 2.09. The van der Waals surface area contributed by atoms with Gasteiger partial charge in [0, 0.05) is 23.1 Å². The van der Waals surface area contributed by atoms with Crippen LogP contribution in [-0.4, -0.2) is 26.8 Å². The molecular formula is C21H18N4O2S2. The molecule has 4 rings (SSSR count). The van der Waals surface area contributed by atoms with Crippen LogP contribution in [0.2, 0.25) is 0 Å². The summed E-state index contributed by atoms with van der Waals surface area (Å²) in [6, 6.07) is 20.9. The zero-order valence-electron chi connectivity index (χ0n) is 15.4. The first kappa shape index (κ1) is 19.2. The van der Waals surface area contributed by atoms with Crippen molar-refractivity contribution in [1.29, 1.82) is 0 Å². The van der Waals surface area contributed by atoms with Crippen LogP contribution in [0.3, 0.4) is 0 Å². The number of H-pyrrole nitrogens is 1. The Morgan fingerprint density at radius 3 is 2.76 bits per heavy atom. The highest BCUT2D eigenvalue weighted by atomic mass is 32.2. The van der Waals surface area contributed by atoms with Crippen LogP contribution in [-0.2, 0) is 11.2 Å². The maximum absolute atomic E-state index is 12.3. The minimum Gasteiger partial charge on any atom is -0.457 e. The van der Waals surface area contributed by atoms with Gasteiger partial charge in [0.25, 0.3) is 0 Å². The number of hydrogen-bond acceptors (Lipinski definition) is 6. The Morgan fingerprint density at radius 2 is 1.93 bits per heavy atom. The number of carbonyl (C=O) groups excluding carboxylic acids is 1. The lowest BCUT2D eigenvalue weighted by Gasteiger charge is -2.08. The van der Waals surface area contributed by atoms with Crippen molar-refractivity contribution in [2.75, 3.05) is 11.1 Å². The summed E-state index contributed by atoms with van der Waals surface area (Å²) < 4.78 is 5.80. The Labute approximate surface area is 176 Å². The first-order valence-corrected chi connectivity index (χ1v) is 10.8. The quantitative estimate of drug-likeness (QED) is 0.392. The monoisotopic (exact) mass is 422 g/mol. The van der Waals surface area contributed by atoms with Crippen LogP contribution in [0.5, 0.6) is 11.5 Å². The van der Waals surface area contributed by atoms with Gasteiger partial charge in [0.1, 0.15) is 17.3 Å². The van der Waals surface area contributed by atoms with Crippen molar-refractivity contribution in [1.82, 2.24) is 15.2 Å². The highest BCUT2D eigenvalue weighted by Crippen LogP contribution is 2.24. The van der Waals surface area contributed by atoms with Crippen molar-refractivity contribution in [3.8, 4) is 11.5 Å². The van der Waals surface area contributed by atoms with E-state index in [1.807, 2.05) is 60.0 Å². The van der Waals surface area contributed by atoms with E-state index in [4.69, 9.17) is 4.74 Å². The van der Waals surface area contributed by atoms with Crippen LogP contribution in [0.1, 0.15) is 10.7 Å². The molecule has 0 saturated heterocycles. The van der Waals surface area contributed by atoms with Crippen molar-refractivity contribution in [3.63, 3.8) is 0 Å². The van der Waals surface area contributed by atoms with Gasteiger partial charge in [-0.15, -0.1) is 16.4 Å². The zero-order valence-corrected chi connectivity index (χ0v) is 17.0. The van der Waals surface area contributed by atoms with Gasteiger partial charge in [-0.25, -0.2) is 4.98 Å². The molecule has 0 bridgehead atoms. The van der Waals surface area contributed by atoms with Gasteiger partial charge in [0.05, 0.1) is 5.75 Å². The minimum absolute atomic E-state index is 0.128. The number of aromatic amines is 1. The molecule has 4 aromatic rings. The molecule has 0 aliphatic carbocycles. The Balaban J connectivity index is 1.28. The average molecular weight is 423 g/mol. The predicted octanol–water partition coefficient (Wildman–Crippen LogP) is 4.98.